The normalized spacial score (nSPS) is 18.1. The van der Waals surface area contributed by atoms with Crippen molar-refractivity contribution in [3.8, 4) is 0 Å². The first-order valence-corrected chi connectivity index (χ1v) is 8.10. The summed E-state index contributed by atoms with van der Waals surface area (Å²) in [5.74, 6) is -0.0672. The van der Waals surface area contributed by atoms with Crippen molar-refractivity contribution in [3.05, 3.63) is 29.6 Å². The molecule has 0 unspecified atom stereocenters. The summed E-state index contributed by atoms with van der Waals surface area (Å²) >= 11 is 0. The molecule has 1 saturated heterocycles. The lowest BCUT2D eigenvalue weighted by Gasteiger charge is -2.30. The van der Waals surface area contributed by atoms with Crippen LogP contribution < -0.4 is 10.5 Å². The number of anilines is 1. The average Bonchev–Trinajstić information content (AvgIpc) is 2.37. The highest BCUT2D eigenvalue weighted by molar-refractivity contribution is 7.90. The third-order valence-electron chi connectivity index (χ3n) is 3.54. The SMILES string of the molecule is Cc1cc(F)cc(NS(=O)(=O)N2CCC(CN)CC2)c1. The Morgan fingerprint density at radius 2 is 2.00 bits per heavy atom. The number of halogens is 1. The Labute approximate surface area is 119 Å². The Morgan fingerprint density at radius 1 is 1.35 bits per heavy atom. The van der Waals surface area contributed by atoms with Gasteiger partial charge >= 0.3 is 10.2 Å². The molecule has 1 aliphatic rings. The molecule has 3 N–H and O–H groups in total. The Kier molecular flexibility index (Phi) is 4.62. The first-order valence-electron chi connectivity index (χ1n) is 6.66. The fourth-order valence-corrected chi connectivity index (χ4v) is 3.63. The molecule has 112 valence electrons. The van der Waals surface area contributed by atoms with Gasteiger partial charge in [-0.2, -0.15) is 12.7 Å². The number of aryl methyl sites for hydroxylation is 1. The second-order valence-electron chi connectivity index (χ2n) is 5.20. The van der Waals surface area contributed by atoms with Gasteiger partial charge in [0, 0.05) is 13.1 Å². The van der Waals surface area contributed by atoms with Crippen LogP contribution in [0.1, 0.15) is 18.4 Å². The Morgan fingerprint density at radius 3 is 2.55 bits per heavy atom. The average molecular weight is 301 g/mol. The molecule has 0 atom stereocenters. The molecule has 5 nitrogen and oxygen atoms in total. The van der Waals surface area contributed by atoms with Gasteiger partial charge in [-0.25, -0.2) is 4.39 Å². The summed E-state index contributed by atoms with van der Waals surface area (Å²) in [6.45, 7) is 3.20. The van der Waals surface area contributed by atoms with E-state index in [1.807, 2.05) is 0 Å². The number of benzene rings is 1. The molecule has 1 heterocycles. The molecule has 1 fully saturated rings. The number of nitrogens with one attached hydrogen (secondary N) is 1. The molecular weight excluding hydrogens is 281 g/mol. The van der Waals surface area contributed by atoms with Crippen LogP contribution in [-0.4, -0.2) is 32.4 Å². The number of hydrogen-bond acceptors (Lipinski definition) is 3. The van der Waals surface area contributed by atoms with Gasteiger partial charge in [0.1, 0.15) is 5.82 Å². The summed E-state index contributed by atoms with van der Waals surface area (Å²) in [5, 5.41) is 0. The monoisotopic (exact) mass is 301 g/mol. The van der Waals surface area contributed by atoms with Gasteiger partial charge in [-0.15, -0.1) is 0 Å². The van der Waals surface area contributed by atoms with Crippen LogP contribution in [-0.2, 0) is 10.2 Å². The molecule has 7 heteroatoms. The lowest BCUT2D eigenvalue weighted by molar-refractivity contribution is 0.280. The Balaban J connectivity index is 2.07. The zero-order valence-corrected chi connectivity index (χ0v) is 12.3. The lowest BCUT2D eigenvalue weighted by atomic mass is 9.99. The van der Waals surface area contributed by atoms with Crippen molar-refractivity contribution in [1.29, 1.82) is 0 Å². The zero-order chi connectivity index (χ0) is 14.8. The number of nitrogens with two attached hydrogens (primary N) is 1. The molecule has 0 radical (unpaired) electrons. The number of rotatable bonds is 4. The van der Waals surface area contributed by atoms with E-state index in [2.05, 4.69) is 4.72 Å². The number of piperidine rings is 1. The maximum Gasteiger partial charge on any atom is 0.301 e. The molecule has 1 aromatic rings. The summed E-state index contributed by atoms with van der Waals surface area (Å²) in [6.07, 6.45) is 1.53. The van der Waals surface area contributed by atoms with E-state index in [9.17, 15) is 12.8 Å². The smallest absolute Gasteiger partial charge is 0.301 e. The van der Waals surface area contributed by atoms with Gasteiger partial charge in [-0.3, -0.25) is 4.72 Å². The predicted molar refractivity (Wildman–Crippen MR) is 77.0 cm³/mol. The molecule has 1 aromatic carbocycles. The quantitative estimate of drug-likeness (QED) is 0.884. The van der Waals surface area contributed by atoms with Crippen molar-refractivity contribution in [2.24, 2.45) is 11.7 Å². The van der Waals surface area contributed by atoms with Crippen LogP contribution >= 0.6 is 0 Å². The van der Waals surface area contributed by atoms with E-state index in [1.165, 1.54) is 16.4 Å². The van der Waals surface area contributed by atoms with E-state index in [0.717, 1.165) is 12.8 Å². The van der Waals surface area contributed by atoms with Gasteiger partial charge in [0.15, 0.2) is 0 Å². The van der Waals surface area contributed by atoms with Crippen molar-refractivity contribution in [2.45, 2.75) is 19.8 Å². The van der Waals surface area contributed by atoms with Crippen molar-refractivity contribution < 1.29 is 12.8 Å². The van der Waals surface area contributed by atoms with E-state index >= 15 is 0 Å². The number of hydrogen-bond donors (Lipinski definition) is 2. The van der Waals surface area contributed by atoms with E-state index in [4.69, 9.17) is 5.73 Å². The predicted octanol–water partition coefficient (Wildman–Crippen LogP) is 1.46. The topological polar surface area (TPSA) is 75.4 Å². The van der Waals surface area contributed by atoms with E-state index in [1.54, 1.807) is 13.0 Å². The second-order valence-corrected chi connectivity index (χ2v) is 6.87. The first kappa shape index (κ1) is 15.2. The largest absolute Gasteiger partial charge is 0.330 e. The van der Waals surface area contributed by atoms with Crippen LogP contribution in [0, 0.1) is 18.7 Å². The lowest BCUT2D eigenvalue weighted by Crippen LogP contribution is -2.42. The highest BCUT2D eigenvalue weighted by atomic mass is 32.2. The minimum Gasteiger partial charge on any atom is -0.330 e. The van der Waals surface area contributed by atoms with Crippen LogP contribution in [0.25, 0.3) is 0 Å². The fourth-order valence-electron chi connectivity index (χ4n) is 2.39. The van der Waals surface area contributed by atoms with Gasteiger partial charge in [-0.1, -0.05) is 0 Å². The fraction of sp³-hybridized carbons (Fsp3) is 0.538. The summed E-state index contributed by atoms with van der Waals surface area (Å²) in [4.78, 5) is 0. The summed E-state index contributed by atoms with van der Waals surface area (Å²) < 4.78 is 41.6. The third kappa shape index (κ3) is 3.68. The van der Waals surface area contributed by atoms with Crippen molar-refractivity contribution in [1.82, 2.24) is 4.31 Å². The summed E-state index contributed by atoms with van der Waals surface area (Å²) in [6, 6.07) is 4.13. The molecule has 1 aliphatic heterocycles. The third-order valence-corrected chi connectivity index (χ3v) is 5.07. The van der Waals surface area contributed by atoms with E-state index in [0.29, 0.717) is 31.1 Å². The number of nitrogens with zero attached hydrogens (tertiary/aromatic N) is 1. The summed E-state index contributed by atoms with van der Waals surface area (Å²) in [7, 11) is -3.63. The van der Waals surface area contributed by atoms with Gasteiger partial charge in [0.05, 0.1) is 5.69 Å². The van der Waals surface area contributed by atoms with E-state index < -0.39 is 16.0 Å². The molecule has 0 amide bonds. The molecule has 0 saturated carbocycles. The summed E-state index contributed by atoms with van der Waals surface area (Å²) in [5.41, 5.74) is 6.51. The Hall–Kier alpha value is -1.18. The van der Waals surface area contributed by atoms with Gasteiger partial charge < -0.3 is 5.73 Å². The van der Waals surface area contributed by atoms with Crippen molar-refractivity contribution in [2.75, 3.05) is 24.4 Å². The van der Waals surface area contributed by atoms with Crippen LogP contribution in [0.5, 0.6) is 0 Å². The van der Waals surface area contributed by atoms with Crippen LogP contribution in [0.15, 0.2) is 18.2 Å². The molecule has 0 aliphatic carbocycles. The van der Waals surface area contributed by atoms with Crippen LogP contribution in [0.3, 0.4) is 0 Å². The molecule has 20 heavy (non-hydrogen) atoms. The minimum absolute atomic E-state index is 0.253. The second kappa shape index (κ2) is 6.07. The van der Waals surface area contributed by atoms with Crippen LogP contribution in [0.2, 0.25) is 0 Å². The van der Waals surface area contributed by atoms with Crippen LogP contribution in [0.4, 0.5) is 10.1 Å². The molecule has 0 bridgehead atoms. The maximum absolute atomic E-state index is 13.3. The van der Waals surface area contributed by atoms with Gasteiger partial charge in [0.2, 0.25) is 0 Å². The van der Waals surface area contributed by atoms with Crippen molar-refractivity contribution >= 4 is 15.9 Å². The maximum atomic E-state index is 13.3. The molecule has 0 spiro atoms. The minimum atomic E-state index is -3.63. The van der Waals surface area contributed by atoms with Gasteiger partial charge in [-0.05, 0) is 56.0 Å². The highest BCUT2D eigenvalue weighted by Crippen LogP contribution is 2.21. The standard InChI is InChI=1S/C13H20FN3O2S/c1-10-6-12(14)8-13(7-10)16-20(18,19)17-4-2-11(9-15)3-5-17/h6-8,11,16H,2-5,9,15H2,1H3. The highest BCUT2D eigenvalue weighted by Gasteiger charge is 2.27. The first-order chi connectivity index (χ1) is 9.40. The molecule has 2 rings (SSSR count). The molecule has 0 aromatic heterocycles. The van der Waals surface area contributed by atoms with Gasteiger partial charge in [0.25, 0.3) is 0 Å². The van der Waals surface area contributed by atoms with E-state index in [-0.39, 0.29) is 5.69 Å². The Bertz CT molecular complexity index is 549. The molecular formula is C13H20FN3O2S. The van der Waals surface area contributed by atoms with Crippen molar-refractivity contribution in [3.63, 3.8) is 0 Å². The zero-order valence-electron chi connectivity index (χ0n) is 11.5.